The Bertz CT molecular complexity index is 578. The minimum atomic E-state index is -0.492. The van der Waals surface area contributed by atoms with Gasteiger partial charge in [0.1, 0.15) is 6.10 Å². The molecule has 3 aliphatic carbocycles. The Labute approximate surface area is 153 Å². The first-order chi connectivity index (χ1) is 11.7. The molecule has 0 saturated heterocycles. The summed E-state index contributed by atoms with van der Waals surface area (Å²) in [6.07, 6.45) is 6.81. The first kappa shape index (κ1) is 19.1. The summed E-state index contributed by atoms with van der Waals surface area (Å²) < 4.78 is 11.9. The summed E-state index contributed by atoms with van der Waals surface area (Å²) in [5.41, 5.74) is 2.72. The number of ether oxygens (including phenoxy) is 2. The van der Waals surface area contributed by atoms with Crippen molar-refractivity contribution in [2.45, 2.75) is 78.1 Å². The van der Waals surface area contributed by atoms with Crippen LogP contribution in [0.25, 0.3) is 0 Å². The number of allylic oxidation sites excluding steroid dienone is 1. The third-order valence-electron chi connectivity index (χ3n) is 7.79. The first-order valence-corrected chi connectivity index (χ1v) is 9.77. The van der Waals surface area contributed by atoms with Gasteiger partial charge in [0.15, 0.2) is 0 Å². The van der Waals surface area contributed by atoms with Gasteiger partial charge in [-0.25, -0.2) is 0 Å². The van der Waals surface area contributed by atoms with Crippen LogP contribution in [0.15, 0.2) is 23.8 Å². The maximum Gasteiger partial charge on any atom is 0.107 e. The zero-order chi connectivity index (χ0) is 18.6. The Morgan fingerprint density at radius 2 is 1.76 bits per heavy atom. The highest BCUT2D eigenvalue weighted by molar-refractivity contribution is 5.40. The van der Waals surface area contributed by atoms with Crippen molar-refractivity contribution in [1.82, 2.24) is 0 Å². The molecule has 1 fully saturated rings. The van der Waals surface area contributed by atoms with Crippen LogP contribution in [0, 0.1) is 22.2 Å². The molecule has 3 nitrogen and oxygen atoms in total. The van der Waals surface area contributed by atoms with Crippen molar-refractivity contribution in [2.75, 3.05) is 14.2 Å². The van der Waals surface area contributed by atoms with E-state index < -0.39 is 6.10 Å². The molecule has 0 aromatic heterocycles. The van der Waals surface area contributed by atoms with Crippen molar-refractivity contribution < 1.29 is 14.6 Å². The van der Waals surface area contributed by atoms with Gasteiger partial charge in [0.2, 0.25) is 0 Å². The molecule has 1 N–H and O–H groups in total. The van der Waals surface area contributed by atoms with E-state index in [4.69, 9.17) is 9.47 Å². The van der Waals surface area contributed by atoms with E-state index in [0.717, 1.165) is 19.3 Å². The van der Waals surface area contributed by atoms with E-state index in [0.29, 0.717) is 0 Å². The van der Waals surface area contributed by atoms with E-state index in [1.165, 1.54) is 24.0 Å². The fourth-order valence-corrected chi connectivity index (χ4v) is 6.61. The highest BCUT2D eigenvalue weighted by Gasteiger charge is 2.60. The molecular formula is C22H36O3. The Kier molecular flexibility index (Phi) is 4.75. The topological polar surface area (TPSA) is 38.7 Å². The molecule has 3 rings (SSSR count). The van der Waals surface area contributed by atoms with E-state index in [9.17, 15) is 5.11 Å². The predicted molar refractivity (Wildman–Crippen MR) is 101 cm³/mol. The summed E-state index contributed by atoms with van der Waals surface area (Å²) in [6, 6.07) is 0. The average molecular weight is 349 g/mol. The van der Waals surface area contributed by atoms with Gasteiger partial charge < -0.3 is 14.6 Å². The normalized spacial score (nSPS) is 46.4. The lowest BCUT2D eigenvalue weighted by Gasteiger charge is -2.61. The highest BCUT2D eigenvalue weighted by atomic mass is 16.5. The zero-order valence-corrected chi connectivity index (χ0v) is 16.9. The monoisotopic (exact) mass is 348 g/mol. The number of aliphatic hydroxyl groups is 1. The van der Waals surface area contributed by atoms with Crippen molar-refractivity contribution in [3.63, 3.8) is 0 Å². The van der Waals surface area contributed by atoms with Gasteiger partial charge in [0.05, 0.1) is 12.2 Å². The van der Waals surface area contributed by atoms with Gasteiger partial charge in [-0.1, -0.05) is 45.8 Å². The lowest BCUT2D eigenvalue weighted by atomic mass is 9.46. The second-order valence-corrected chi connectivity index (χ2v) is 9.64. The van der Waals surface area contributed by atoms with Crippen molar-refractivity contribution in [3.05, 3.63) is 23.8 Å². The minimum absolute atomic E-state index is 0.0325. The number of aliphatic hydroxyl groups excluding tert-OH is 1. The molecule has 0 aliphatic heterocycles. The van der Waals surface area contributed by atoms with E-state index in [1.807, 2.05) is 6.08 Å². The highest BCUT2D eigenvalue weighted by Crippen LogP contribution is 2.63. The molecule has 0 spiro atoms. The van der Waals surface area contributed by atoms with Crippen LogP contribution in [0.1, 0.15) is 59.8 Å². The molecule has 0 aromatic rings. The smallest absolute Gasteiger partial charge is 0.107 e. The van der Waals surface area contributed by atoms with Crippen molar-refractivity contribution in [1.29, 1.82) is 0 Å². The standard InChI is InChI=1S/C22H36O3/c1-8-21(4)13-10-14-15(19(21)25-7)17(24-6)16(23)18-20(2,3)11-9-12-22(14,18)5/h8,16-19,23H,1,9-13H2,2-7H3/t16-,17+,18+,19-,21+,22-/m1/s1. The van der Waals surface area contributed by atoms with Gasteiger partial charge in [0.25, 0.3) is 0 Å². The Morgan fingerprint density at radius 3 is 2.32 bits per heavy atom. The molecule has 3 aliphatic rings. The largest absolute Gasteiger partial charge is 0.390 e. The van der Waals surface area contributed by atoms with E-state index in [1.54, 1.807) is 14.2 Å². The molecule has 0 unspecified atom stereocenters. The van der Waals surface area contributed by atoms with Crippen molar-refractivity contribution >= 4 is 0 Å². The van der Waals surface area contributed by atoms with Crippen molar-refractivity contribution in [3.8, 4) is 0 Å². The van der Waals surface area contributed by atoms with Gasteiger partial charge >= 0.3 is 0 Å². The number of fused-ring (bicyclic) bond motifs is 2. The summed E-state index contributed by atoms with van der Waals surface area (Å²) in [5, 5.41) is 11.4. The molecule has 1 saturated carbocycles. The van der Waals surface area contributed by atoms with Crippen LogP contribution in [0.4, 0.5) is 0 Å². The second kappa shape index (κ2) is 6.21. The Morgan fingerprint density at radius 1 is 1.08 bits per heavy atom. The molecular weight excluding hydrogens is 312 g/mol. The minimum Gasteiger partial charge on any atom is -0.390 e. The molecule has 25 heavy (non-hydrogen) atoms. The van der Waals surface area contributed by atoms with E-state index in [2.05, 4.69) is 34.3 Å². The van der Waals surface area contributed by atoms with Crippen LogP contribution in [0.2, 0.25) is 0 Å². The quantitative estimate of drug-likeness (QED) is 0.763. The maximum atomic E-state index is 11.4. The number of methoxy groups -OCH3 is 2. The van der Waals surface area contributed by atoms with Gasteiger partial charge in [0, 0.05) is 25.6 Å². The van der Waals surface area contributed by atoms with E-state index >= 15 is 0 Å². The molecule has 6 atom stereocenters. The average Bonchev–Trinajstić information content (AvgIpc) is 2.54. The van der Waals surface area contributed by atoms with Crippen LogP contribution >= 0.6 is 0 Å². The molecule has 0 aromatic carbocycles. The molecule has 0 amide bonds. The molecule has 3 heteroatoms. The van der Waals surface area contributed by atoms with Crippen LogP contribution < -0.4 is 0 Å². The van der Waals surface area contributed by atoms with Crippen LogP contribution in [0.5, 0.6) is 0 Å². The van der Waals surface area contributed by atoms with Crippen LogP contribution in [0.3, 0.4) is 0 Å². The molecule has 0 heterocycles. The molecule has 0 bridgehead atoms. The third-order valence-corrected chi connectivity index (χ3v) is 7.79. The fourth-order valence-electron chi connectivity index (χ4n) is 6.61. The number of hydrogen-bond acceptors (Lipinski definition) is 3. The summed E-state index contributed by atoms with van der Waals surface area (Å²) in [5.74, 6) is 0.225. The Hall–Kier alpha value is -0.640. The SMILES string of the molecule is C=C[C@@]1(C)CCC2=C([C@H]1OC)[C@H](OC)[C@@H](O)[C@H]1C(C)(C)CCC[C@]21C. The predicted octanol–water partition coefficient (Wildman–Crippen LogP) is 4.51. The number of hydrogen-bond donors (Lipinski definition) is 1. The fraction of sp³-hybridized carbons (Fsp3) is 0.818. The summed E-state index contributed by atoms with van der Waals surface area (Å²) in [7, 11) is 3.50. The lowest BCUT2D eigenvalue weighted by molar-refractivity contribution is -0.139. The van der Waals surface area contributed by atoms with Crippen molar-refractivity contribution in [2.24, 2.45) is 22.2 Å². The first-order valence-electron chi connectivity index (χ1n) is 9.77. The summed E-state index contributed by atoms with van der Waals surface area (Å²) in [6.45, 7) is 13.3. The van der Waals surface area contributed by atoms with Gasteiger partial charge in [-0.2, -0.15) is 0 Å². The second-order valence-electron chi connectivity index (χ2n) is 9.64. The third kappa shape index (κ3) is 2.57. The van der Waals surface area contributed by atoms with Gasteiger partial charge in [-0.15, -0.1) is 6.58 Å². The zero-order valence-electron chi connectivity index (χ0n) is 16.9. The molecule has 0 radical (unpaired) electrons. The van der Waals surface area contributed by atoms with Crippen LogP contribution in [-0.2, 0) is 9.47 Å². The van der Waals surface area contributed by atoms with Gasteiger partial charge in [-0.3, -0.25) is 0 Å². The maximum absolute atomic E-state index is 11.4. The Balaban J connectivity index is 2.22. The molecule has 142 valence electrons. The summed E-state index contributed by atoms with van der Waals surface area (Å²) >= 11 is 0. The lowest BCUT2D eigenvalue weighted by Crippen LogP contribution is -2.60. The summed E-state index contributed by atoms with van der Waals surface area (Å²) in [4.78, 5) is 0. The van der Waals surface area contributed by atoms with E-state index in [-0.39, 0.29) is 34.4 Å². The number of rotatable bonds is 3. The van der Waals surface area contributed by atoms with Gasteiger partial charge in [-0.05, 0) is 42.1 Å². The van der Waals surface area contributed by atoms with Crippen LogP contribution in [-0.4, -0.2) is 37.6 Å².